The lowest BCUT2D eigenvalue weighted by Crippen LogP contribution is -2.18. The Bertz CT molecular complexity index is 390. The van der Waals surface area contributed by atoms with Crippen molar-refractivity contribution >= 4 is 18.0 Å². The zero-order valence-electron chi connectivity index (χ0n) is 6.97. The normalized spacial score (nSPS) is 10.6. The first-order valence-electron chi connectivity index (χ1n) is 3.64. The van der Waals surface area contributed by atoms with Gasteiger partial charge in [0.15, 0.2) is 4.77 Å². The molecule has 0 radical (unpaired) electrons. The number of hydrogen-bond acceptors (Lipinski definition) is 3. The zero-order valence-corrected chi connectivity index (χ0v) is 7.79. The van der Waals surface area contributed by atoms with Crippen molar-refractivity contribution in [3.63, 3.8) is 0 Å². The minimum absolute atomic E-state index is 0.0978. The van der Waals surface area contributed by atoms with Crippen LogP contribution in [0.1, 0.15) is 25.3 Å². The Labute approximate surface area is 74.8 Å². The summed E-state index contributed by atoms with van der Waals surface area (Å²) in [4.78, 5) is 16.5. The quantitative estimate of drug-likeness (QED) is 0.574. The van der Waals surface area contributed by atoms with E-state index in [0.29, 0.717) is 11.4 Å². The molecule has 0 saturated carbocycles. The van der Waals surface area contributed by atoms with Crippen LogP contribution in [0.25, 0.3) is 0 Å². The number of hydrogen-bond donors (Lipinski definition) is 3. The number of H-pyrrole nitrogens is 2. The molecule has 0 bridgehead atoms. The lowest BCUT2D eigenvalue weighted by atomic mass is 10.1. The molecule has 0 atom stereocenters. The standard InChI is InChI=1S/C7H11N3OS/c1-3(2)4-5(8)9-7(12)10-6(4)11/h3H,1-2H3,(H4,8,9,10,11,12). The third-order valence-electron chi connectivity index (χ3n) is 1.59. The molecule has 0 aliphatic carbocycles. The summed E-state index contributed by atoms with van der Waals surface area (Å²) in [5.74, 6) is 0.458. The fourth-order valence-electron chi connectivity index (χ4n) is 1.09. The van der Waals surface area contributed by atoms with Gasteiger partial charge in [-0.25, -0.2) is 0 Å². The van der Waals surface area contributed by atoms with Crippen molar-refractivity contribution in [1.82, 2.24) is 9.97 Å². The van der Waals surface area contributed by atoms with Crippen LogP contribution in [0.2, 0.25) is 0 Å². The maximum atomic E-state index is 11.3. The Balaban J connectivity index is 3.49. The van der Waals surface area contributed by atoms with Crippen LogP contribution in [0, 0.1) is 4.77 Å². The van der Waals surface area contributed by atoms with Gasteiger partial charge in [0.1, 0.15) is 5.82 Å². The second-order valence-corrected chi connectivity index (χ2v) is 3.30. The van der Waals surface area contributed by atoms with Crippen LogP contribution in [-0.2, 0) is 0 Å². The van der Waals surface area contributed by atoms with E-state index in [1.165, 1.54) is 0 Å². The molecule has 1 rings (SSSR count). The number of nitrogens with two attached hydrogens (primary N) is 1. The van der Waals surface area contributed by atoms with Crippen LogP contribution in [0.4, 0.5) is 5.82 Å². The van der Waals surface area contributed by atoms with E-state index in [-0.39, 0.29) is 16.2 Å². The van der Waals surface area contributed by atoms with E-state index in [1.54, 1.807) is 0 Å². The molecular formula is C7H11N3OS. The molecule has 12 heavy (non-hydrogen) atoms. The average molecular weight is 185 g/mol. The summed E-state index contributed by atoms with van der Waals surface area (Å²) in [5.41, 5.74) is 5.94. The van der Waals surface area contributed by atoms with E-state index in [2.05, 4.69) is 9.97 Å². The van der Waals surface area contributed by atoms with Crippen LogP contribution < -0.4 is 11.3 Å². The first kappa shape index (κ1) is 8.99. The molecule has 0 aromatic carbocycles. The number of nitrogen functional groups attached to an aromatic ring is 1. The molecular weight excluding hydrogens is 174 g/mol. The van der Waals surface area contributed by atoms with Gasteiger partial charge in [-0.05, 0) is 18.1 Å². The number of aromatic nitrogens is 2. The SMILES string of the molecule is CC(C)c1c(N)[nH]c(=S)[nH]c1=O. The minimum Gasteiger partial charge on any atom is -0.385 e. The monoisotopic (exact) mass is 185 g/mol. The van der Waals surface area contributed by atoms with E-state index in [9.17, 15) is 4.79 Å². The maximum absolute atomic E-state index is 11.3. The van der Waals surface area contributed by atoms with Crippen LogP contribution in [0.3, 0.4) is 0 Å². The Kier molecular flexibility index (Phi) is 2.32. The van der Waals surface area contributed by atoms with Gasteiger partial charge in [-0.15, -0.1) is 0 Å². The number of nitrogens with one attached hydrogen (secondary N) is 2. The van der Waals surface area contributed by atoms with Crippen molar-refractivity contribution in [1.29, 1.82) is 0 Å². The summed E-state index contributed by atoms with van der Waals surface area (Å²) >= 11 is 4.74. The second kappa shape index (κ2) is 3.10. The van der Waals surface area contributed by atoms with Crippen LogP contribution in [0.15, 0.2) is 4.79 Å². The molecule has 0 aliphatic rings. The third kappa shape index (κ3) is 1.55. The van der Waals surface area contributed by atoms with Gasteiger partial charge in [-0.2, -0.15) is 0 Å². The lowest BCUT2D eigenvalue weighted by molar-refractivity contribution is 0.832. The van der Waals surface area contributed by atoms with E-state index in [0.717, 1.165) is 0 Å². The fraction of sp³-hybridized carbons (Fsp3) is 0.429. The summed E-state index contributed by atoms with van der Waals surface area (Å²) < 4.78 is 0.266. The first-order valence-corrected chi connectivity index (χ1v) is 4.05. The van der Waals surface area contributed by atoms with Crippen LogP contribution in [-0.4, -0.2) is 9.97 Å². The summed E-state index contributed by atoms with van der Waals surface area (Å²) in [6, 6.07) is 0. The molecule has 0 unspecified atom stereocenters. The Morgan fingerprint density at radius 1 is 1.42 bits per heavy atom. The molecule has 1 heterocycles. The maximum Gasteiger partial charge on any atom is 0.257 e. The van der Waals surface area contributed by atoms with Crippen molar-refractivity contribution in [2.24, 2.45) is 0 Å². The molecule has 0 fully saturated rings. The van der Waals surface area contributed by atoms with Gasteiger partial charge in [0.05, 0.1) is 5.56 Å². The van der Waals surface area contributed by atoms with E-state index in [1.807, 2.05) is 13.8 Å². The molecule has 0 aliphatic heterocycles. The first-order chi connectivity index (χ1) is 5.52. The number of rotatable bonds is 1. The molecule has 0 saturated heterocycles. The molecule has 5 heteroatoms. The van der Waals surface area contributed by atoms with E-state index < -0.39 is 0 Å². The fourth-order valence-corrected chi connectivity index (χ4v) is 1.29. The van der Waals surface area contributed by atoms with Crippen molar-refractivity contribution in [3.8, 4) is 0 Å². The van der Waals surface area contributed by atoms with E-state index >= 15 is 0 Å². The zero-order chi connectivity index (χ0) is 9.30. The molecule has 1 aromatic rings. The van der Waals surface area contributed by atoms with Crippen LogP contribution >= 0.6 is 12.2 Å². The van der Waals surface area contributed by atoms with E-state index in [4.69, 9.17) is 18.0 Å². The second-order valence-electron chi connectivity index (χ2n) is 2.89. The lowest BCUT2D eigenvalue weighted by Gasteiger charge is -2.06. The summed E-state index contributed by atoms with van der Waals surface area (Å²) in [7, 11) is 0. The van der Waals surface area contributed by atoms with Gasteiger partial charge in [0.25, 0.3) is 5.56 Å². The highest BCUT2D eigenvalue weighted by Crippen LogP contribution is 2.13. The van der Waals surface area contributed by atoms with Gasteiger partial charge in [-0.3, -0.25) is 9.78 Å². The van der Waals surface area contributed by atoms with Crippen molar-refractivity contribution in [2.75, 3.05) is 5.73 Å². The van der Waals surface area contributed by atoms with Gasteiger partial charge in [0.2, 0.25) is 0 Å². The molecule has 0 amide bonds. The molecule has 4 nitrogen and oxygen atoms in total. The molecule has 4 N–H and O–H groups in total. The van der Waals surface area contributed by atoms with Gasteiger partial charge in [-0.1, -0.05) is 13.8 Å². The Morgan fingerprint density at radius 3 is 2.42 bits per heavy atom. The molecule has 0 spiro atoms. The highest BCUT2D eigenvalue weighted by atomic mass is 32.1. The van der Waals surface area contributed by atoms with Gasteiger partial charge >= 0.3 is 0 Å². The van der Waals surface area contributed by atoms with Gasteiger partial charge in [0, 0.05) is 0 Å². The topological polar surface area (TPSA) is 74.7 Å². The predicted molar refractivity (Wildman–Crippen MR) is 50.7 cm³/mol. The molecule has 66 valence electrons. The average Bonchev–Trinajstić information content (AvgIpc) is 1.82. The van der Waals surface area contributed by atoms with Gasteiger partial charge < -0.3 is 10.7 Å². The summed E-state index contributed by atoms with van der Waals surface area (Å²) in [6.07, 6.45) is 0. The minimum atomic E-state index is -0.203. The largest absolute Gasteiger partial charge is 0.385 e. The highest BCUT2D eigenvalue weighted by Gasteiger charge is 2.08. The van der Waals surface area contributed by atoms with Crippen molar-refractivity contribution in [3.05, 3.63) is 20.7 Å². The van der Waals surface area contributed by atoms with Crippen LogP contribution in [0.5, 0.6) is 0 Å². The highest BCUT2D eigenvalue weighted by molar-refractivity contribution is 7.71. The van der Waals surface area contributed by atoms with Crippen molar-refractivity contribution < 1.29 is 0 Å². The Morgan fingerprint density at radius 2 is 2.00 bits per heavy atom. The molecule has 1 aromatic heterocycles. The Hall–Kier alpha value is -1.10. The number of anilines is 1. The third-order valence-corrected chi connectivity index (χ3v) is 1.79. The summed E-state index contributed by atoms with van der Waals surface area (Å²) in [6.45, 7) is 3.80. The predicted octanol–water partition coefficient (Wildman–Crippen LogP) is 1.14. The number of aromatic amines is 2. The smallest absolute Gasteiger partial charge is 0.257 e. The van der Waals surface area contributed by atoms with Crippen molar-refractivity contribution in [2.45, 2.75) is 19.8 Å². The summed E-state index contributed by atoms with van der Waals surface area (Å²) in [5, 5.41) is 0.